The highest BCUT2D eigenvalue weighted by atomic mass is 16.6. The molecule has 2 aromatic carbocycles. The minimum atomic E-state index is -0.478. The summed E-state index contributed by atoms with van der Waals surface area (Å²) < 4.78 is 0. The number of amides is 1. The number of carbonyl (C=O) groups is 1. The molecule has 2 aromatic rings. The van der Waals surface area contributed by atoms with E-state index in [-0.39, 0.29) is 18.0 Å². The molecule has 0 atom stereocenters. The van der Waals surface area contributed by atoms with Crippen LogP contribution < -0.4 is 5.32 Å². The van der Waals surface area contributed by atoms with E-state index >= 15 is 0 Å². The second kappa shape index (κ2) is 7.00. The summed E-state index contributed by atoms with van der Waals surface area (Å²) in [5.41, 5.74) is 1.57. The summed E-state index contributed by atoms with van der Waals surface area (Å²) in [5, 5.41) is 13.2. The van der Waals surface area contributed by atoms with Crippen LogP contribution in [-0.2, 0) is 4.79 Å². The Bertz CT molecular complexity index is 649. The Labute approximate surface area is 122 Å². The normalized spacial score (nSPS) is 10.5. The Morgan fingerprint density at radius 2 is 1.76 bits per heavy atom. The molecule has 5 heteroatoms. The zero-order valence-electron chi connectivity index (χ0n) is 11.2. The van der Waals surface area contributed by atoms with E-state index in [0.29, 0.717) is 5.69 Å². The maximum absolute atomic E-state index is 11.7. The maximum atomic E-state index is 11.7. The lowest BCUT2D eigenvalue weighted by molar-refractivity contribution is -0.384. The average Bonchev–Trinajstić information content (AvgIpc) is 2.49. The first-order valence-corrected chi connectivity index (χ1v) is 6.41. The zero-order chi connectivity index (χ0) is 15.1. The van der Waals surface area contributed by atoms with Crippen molar-refractivity contribution in [3.8, 4) is 0 Å². The molecule has 21 heavy (non-hydrogen) atoms. The summed E-state index contributed by atoms with van der Waals surface area (Å²) in [6.07, 6.45) is 3.89. The number of rotatable bonds is 5. The molecule has 0 saturated carbocycles. The van der Waals surface area contributed by atoms with Gasteiger partial charge in [0.15, 0.2) is 0 Å². The largest absolute Gasteiger partial charge is 0.326 e. The van der Waals surface area contributed by atoms with Gasteiger partial charge in [-0.1, -0.05) is 42.5 Å². The Kier molecular flexibility index (Phi) is 4.82. The van der Waals surface area contributed by atoms with Crippen molar-refractivity contribution in [2.45, 2.75) is 6.42 Å². The number of hydrogen-bond acceptors (Lipinski definition) is 3. The number of non-ortho nitro benzene ring substituents is 1. The van der Waals surface area contributed by atoms with Crippen molar-refractivity contribution < 1.29 is 9.72 Å². The number of carbonyl (C=O) groups excluding carboxylic acids is 1. The van der Waals surface area contributed by atoms with E-state index in [1.165, 1.54) is 24.3 Å². The molecule has 5 nitrogen and oxygen atoms in total. The summed E-state index contributed by atoms with van der Waals surface area (Å²) in [4.78, 5) is 21.8. The van der Waals surface area contributed by atoms with Crippen LogP contribution in [0.15, 0.2) is 60.7 Å². The molecule has 0 aliphatic carbocycles. The summed E-state index contributed by atoms with van der Waals surface area (Å²) in [6, 6.07) is 15.4. The molecular weight excluding hydrogens is 268 g/mol. The third-order valence-electron chi connectivity index (χ3n) is 2.78. The standard InChI is InChI=1S/C16H14N2O3/c19-16(8-4-7-13-5-2-1-3-6-13)17-14-9-11-15(12-10-14)18(20)21/h1-7,9-12H,8H2,(H,17,19)/b7-4+. The number of nitrogens with one attached hydrogen (secondary N) is 1. The first kappa shape index (κ1) is 14.5. The van der Waals surface area contributed by atoms with Crippen LogP contribution in [-0.4, -0.2) is 10.8 Å². The molecule has 0 unspecified atom stereocenters. The van der Waals surface area contributed by atoms with E-state index in [2.05, 4.69) is 5.32 Å². The zero-order valence-corrected chi connectivity index (χ0v) is 11.2. The fourth-order valence-electron chi connectivity index (χ4n) is 1.74. The summed E-state index contributed by atoms with van der Waals surface area (Å²) >= 11 is 0. The van der Waals surface area contributed by atoms with Gasteiger partial charge in [-0.25, -0.2) is 0 Å². The lowest BCUT2D eigenvalue weighted by atomic mass is 10.2. The molecule has 0 spiro atoms. The van der Waals surface area contributed by atoms with Gasteiger partial charge in [-0.2, -0.15) is 0 Å². The number of nitro benzene ring substituents is 1. The van der Waals surface area contributed by atoms with Crippen LogP contribution in [0.4, 0.5) is 11.4 Å². The second-order valence-electron chi connectivity index (χ2n) is 4.37. The lowest BCUT2D eigenvalue weighted by Crippen LogP contribution is -2.09. The predicted molar refractivity (Wildman–Crippen MR) is 81.8 cm³/mol. The van der Waals surface area contributed by atoms with E-state index in [4.69, 9.17) is 0 Å². The predicted octanol–water partition coefficient (Wildman–Crippen LogP) is 3.64. The summed E-state index contributed by atoms with van der Waals surface area (Å²) in [7, 11) is 0. The van der Waals surface area contributed by atoms with Crippen LogP contribution in [0, 0.1) is 10.1 Å². The van der Waals surface area contributed by atoms with Crippen LogP contribution in [0.5, 0.6) is 0 Å². The molecule has 106 valence electrons. The molecule has 0 fully saturated rings. The SMILES string of the molecule is O=C(C/C=C/c1ccccc1)Nc1ccc([N+](=O)[O-])cc1. The Balaban J connectivity index is 1.87. The van der Waals surface area contributed by atoms with Gasteiger partial charge in [0.2, 0.25) is 5.91 Å². The fourth-order valence-corrected chi connectivity index (χ4v) is 1.74. The molecule has 0 aromatic heterocycles. The van der Waals surface area contributed by atoms with Gasteiger partial charge in [0, 0.05) is 24.2 Å². The highest BCUT2D eigenvalue weighted by Gasteiger charge is 2.05. The monoisotopic (exact) mass is 282 g/mol. The van der Waals surface area contributed by atoms with Crippen LogP contribution in [0.3, 0.4) is 0 Å². The minimum absolute atomic E-state index is 0.00280. The van der Waals surface area contributed by atoms with Gasteiger partial charge in [-0.05, 0) is 17.7 Å². The van der Waals surface area contributed by atoms with Crippen molar-refractivity contribution >= 4 is 23.4 Å². The van der Waals surface area contributed by atoms with E-state index in [0.717, 1.165) is 5.56 Å². The van der Waals surface area contributed by atoms with Gasteiger partial charge < -0.3 is 5.32 Å². The fraction of sp³-hybridized carbons (Fsp3) is 0.0625. The number of nitrogens with zero attached hydrogens (tertiary/aromatic N) is 1. The number of benzene rings is 2. The molecular formula is C16H14N2O3. The van der Waals surface area contributed by atoms with Crippen LogP contribution in [0.25, 0.3) is 6.08 Å². The molecule has 0 radical (unpaired) electrons. The smallest absolute Gasteiger partial charge is 0.269 e. The quantitative estimate of drug-likeness (QED) is 0.672. The first-order chi connectivity index (χ1) is 10.1. The van der Waals surface area contributed by atoms with Crippen LogP contribution >= 0.6 is 0 Å². The van der Waals surface area contributed by atoms with Gasteiger partial charge in [0.25, 0.3) is 5.69 Å². The third-order valence-corrected chi connectivity index (χ3v) is 2.78. The van der Waals surface area contributed by atoms with Gasteiger partial charge >= 0.3 is 0 Å². The van der Waals surface area contributed by atoms with E-state index in [9.17, 15) is 14.9 Å². The van der Waals surface area contributed by atoms with Crippen molar-refractivity contribution in [1.29, 1.82) is 0 Å². The van der Waals surface area contributed by atoms with E-state index in [1.54, 1.807) is 6.08 Å². The molecule has 1 amide bonds. The topological polar surface area (TPSA) is 72.2 Å². The molecule has 0 aliphatic rings. The van der Waals surface area contributed by atoms with E-state index < -0.39 is 4.92 Å². The first-order valence-electron chi connectivity index (χ1n) is 6.41. The molecule has 0 saturated heterocycles. The number of nitro groups is 1. The van der Waals surface area contributed by atoms with Crippen molar-refractivity contribution in [2.75, 3.05) is 5.32 Å². The highest BCUT2D eigenvalue weighted by molar-refractivity contribution is 5.92. The van der Waals surface area contributed by atoms with Crippen molar-refractivity contribution in [3.05, 3.63) is 76.4 Å². The Morgan fingerprint density at radius 1 is 1.10 bits per heavy atom. The van der Waals surface area contributed by atoms with Gasteiger partial charge in [-0.3, -0.25) is 14.9 Å². The Morgan fingerprint density at radius 3 is 2.38 bits per heavy atom. The molecule has 0 bridgehead atoms. The van der Waals surface area contributed by atoms with Crippen molar-refractivity contribution in [1.82, 2.24) is 0 Å². The van der Waals surface area contributed by atoms with Crippen molar-refractivity contribution in [2.24, 2.45) is 0 Å². The number of hydrogen-bond donors (Lipinski definition) is 1. The summed E-state index contributed by atoms with van der Waals surface area (Å²) in [6.45, 7) is 0. The third kappa shape index (κ3) is 4.58. The summed E-state index contributed by atoms with van der Waals surface area (Å²) in [5.74, 6) is -0.170. The molecule has 0 heterocycles. The lowest BCUT2D eigenvalue weighted by Gasteiger charge is -2.02. The van der Waals surface area contributed by atoms with Crippen LogP contribution in [0.1, 0.15) is 12.0 Å². The number of anilines is 1. The van der Waals surface area contributed by atoms with Crippen molar-refractivity contribution in [3.63, 3.8) is 0 Å². The van der Waals surface area contributed by atoms with Gasteiger partial charge in [0.1, 0.15) is 0 Å². The Hall–Kier alpha value is -2.95. The minimum Gasteiger partial charge on any atom is -0.326 e. The van der Waals surface area contributed by atoms with Gasteiger partial charge in [-0.15, -0.1) is 0 Å². The average molecular weight is 282 g/mol. The highest BCUT2D eigenvalue weighted by Crippen LogP contribution is 2.15. The van der Waals surface area contributed by atoms with E-state index in [1.807, 2.05) is 36.4 Å². The molecule has 2 rings (SSSR count). The van der Waals surface area contributed by atoms with Gasteiger partial charge in [0.05, 0.1) is 4.92 Å². The second-order valence-corrected chi connectivity index (χ2v) is 4.37. The molecule has 1 N–H and O–H groups in total. The van der Waals surface area contributed by atoms with Crippen LogP contribution in [0.2, 0.25) is 0 Å². The maximum Gasteiger partial charge on any atom is 0.269 e. The molecule has 0 aliphatic heterocycles.